The van der Waals surface area contributed by atoms with E-state index in [1.54, 1.807) is 7.11 Å². The Morgan fingerprint density at radius 3 is 2.40 bits per heavy atom. The Balaban J connectivity index is 2.23. The van der Waals surface area contributed by atoms with Crippen molar-refractivity contribution in [3.8, 4) is 0 Å². The minimum atomic E-state index is 0.0110. The summed E-state index contributed by atoms with van der Waals surface area (Å²) in [7, 11) is 1.64. The van der Waals surface area contributed by atoms with Crippen molar-refractivity contribution < 1.29 is 9.53 Å². The zero-order valence-corrected chi connectivity index (χ0v) is 13.6. The molecule has 1 aliphatic carbocycles. The van der Waals surface area contributed by atoms with Crippen LogP contribution in [0.15, 0.2) is 0 Å². The fourth-order valence-corrected chi connectivity index (χ4v) is 3.04. The third-order valence-electron chi connectivity index (χ3n) is 4.52. The molecular formula is C16H32N2O2. The lowest BCUT2D eigenvalue weighted by Crippen LogP contribution is -2.38. The highest BCUT2D eigenvalue weighted by Gasteiger charge is 2.32. The van der Waals surface area contributed by atoms with Crippen LogP contribution in [0.2, 0.25) is 0 Å². The van der Waals surface area contributed by atoms with Crippen LogP contribution in [-0.2, 0) is 9.53 Å². The molecule has 1 fully saturated rings. The van der Waals surface area contributed by atoms with Crippen LogP contribution in [0.4, 0.5) is 0 Å². The number of ether oxygens (including phenoxy) is 1. The smallest absolute Gasteiger partial charge is 0.223 e. The van der Waals surface area contributed by atoms with E-state index in [0.29, 0.717) is 18.6 Å². The van der Waals surface area contributed by atoms with Gasteiger partial charge in [0.15, 0.2) is 0 Å². The molecule has 1 amide bonds. The molecule has 1 atom stereocenters. The van der Waals surface area contributed by atoms with Crippen LogP contribution < -0.4 is 11.1 Å². The maximum absolute atomic E-state index is 12.1. The monoisotopic (exact) mass is 284 g/mol. The zero-order valence-electron chi connectivity index (χ0n) is 13.6. The van der Waals surface area contributed by atoms with Crippen LogP contribution >= 0.6 is 0 Å². The first kappa shape index (κ1) is 17.4. The van der Waals surface area contributed by atoms with Crippen molar-refractivity contribution in [2.24, 2.45) is 23.0 Å². The van der Waals surface area contributed by atoms with E-state index in [0.717, 1.165) is 25.2 Å². The molecule has 0 saturated heterocycles. The second kappa shape index (κ2) is 7.99. The Kier molecular flexibility index (Phi) is 6.96. The van der Waals surface area contributed by atoms with Gasteiger partial charge in [-0.05, 0) is 43.4 Å². The Labute approximate surface area is 123 Å². The summed E-state index contributed by atoms with van der Waals surface area (Å²) < 4.78 is 4.98. The number of rotatable bonds is 6. The molecule has 1 saturated carbocycles. The van der Waals surface area contributed by atoms with Crippen LogP contribution in [0.25, 0.3) is 0 Å². The summed E-state index contributed by atoms with van der Waals surface area (Å²) in [4.78, 5) is 12.1. The summed E-state index contributed by atoms with van der Waals surface area (Å²) in [5.74, 6) is 1.16. The molecule has 4 heteroatoms. The summed E-state index contributed by atoms with van der Waals surface area (Å²) in [6.07, 6.45) is 5.17. The number of hydrogen-bond donors (Lipinski definition) is 2. The molecule has 0 spiro atoms. The minimum Gasteiger partial charge on any atom is -0.383 e. The van der Waals surface area contributed by atoms with Crippen molar-refractivity contribution in [1.29, 1.82) is 0 Å². The van der Waals surface area contributed by atoms with Crippen molar-refractivity contribution in [3.63, 3.8) is 0 Å². The highest BCUT2D eigenvalue weighted by molar-refractivity contribution is 5.78. The van der Waals surface area contributed by atoms with Gasteiger partial charge in [-0.2, -0.15) is 0 Å². The maximum atomic E-state index is 12.1. The normalized spacial score (nSPS) is 25.2. The number of methoxy groups -OCH3 is 1. The average molecular weight is 284 g/mol. The fraction of sp³-hybridized carbons (Fsp3) is 0.938. The number of carbonyl (C=O) groups is 1. The first-order valence-electron chi connectivity index (χ1n) is 7.86. The van der Waals surface area contributed by atoms with Gasteiger partial charge in [0.2, 0.25) is 5.91 Å². The van der Waals surface area contributed by atoms with E-state index in [9.17, 15) is 4.79 Å². The molecule has 0 aromatic rings. The molecule has 0 heterocycles. The van der Waals surface area contributed by atoms with Crippen LogP contribution in [0.1, 0.15) is 52.9 Å². The molecule has 3 N–H and O–H groups in total. The van der Waals surface area contributed by atoms with Crippen molar-refractivity contribution in [3.05, 3.63) is 0 Å². The fourth-order valence-electron chi connectivity index (χ4n) is 3.04. The first-order chi connectivity index (χ1) is 9.34. The average Bonchev–Trinajstić information content (AvgIpc) is 2.38. The quantitative estimate of drug-likeness (QED) is 0.786. The largest absolute Gasteiger partial charge is 0.383 e. The Morgan fingerprint density at radius 2 is 1.90 bits per heavy atom. The third kappa shape index (κ3) is 5.80. The SMILES string of the molecule is COCC(N)CCNC(=O)C1CCC(C(C)(C)C)CC1. The first-order valence-corrected chi connectivity index (χ1v) is 7.86. The Bertz CT molecular complexity index is 291. The van der Waals surface area contributed by atoms with E-state index >= 15 is 0 Å². The number of carbonyl (C=O) groups excluding carboxylic acids is 1. The van der Waals surface area contributed by atoms with Crippen molar-refractivity contribution in [2.45, 2.75) is 58.9 Å². The van der Waals surface area contributed by atoms with Crippen LogP contribution in [-0.4, -0.2) is 32.2 Å². The van der Waals surface area contributed by atoms with Gasteiger partial charge >= 0.3 is 0 Å². The molecule has 1 aliphatic rings. The van der Waals surface area contributed by atoms with Crippen molar-refractivity contribution in [1.82, 2.24) is 5.32 Å². The van der Waals surface area contributed by atoms with Gasteiger partial charge in [0.1, 0.15) is 0 Å². The number of amides is 1. The highest BCUT2D eigenvalue weighted by Crippen LogP contribution is 2.39. The van der Waals surface area contributed by atoms with Gasteiger partial charge < -0.3 is 15.8 Å². The minimum absolute atomic E-state index is 0.0110. The maximum Gasteiger partial charge on any atom is 0.223 e. The summed E-state index contributed by atoms with van der Waals surface area (Å²) in [6.45, 7) is 8.11. The molecular weight excluding hydrogens is 252 g/mol. The summed E-state index contributed by atoms with van der Waals surface area (Å²) >= 11 is 0. The van der Waals surface area contributed by atoms with Crippen molar-refractivity contribution in [2.75, 3.05) is 20.3 Å². The van der Waals surface area contributed by atoms with E-state index in [2.05, 4.69) is 26.1 Å². The molecule has 20 heavy (non-hydrogen) atoms. The lowest BCUT2D eigenvalue weighted by atomic mass is 9.69. The molecule has 0 radical (unpaired) electrons. The Hall–Kier alpha value is -0.610. The lowest BCUT2D eigenvalue weighted by molar-refractivity contribution is -0.126. The topological polar surface area (TPSA) is 64.3 Å². The molecule has 0 bridgehead atoms. The van der Waals surface area contributed by atoms with E-state index in [4.69, 9.17) is 10.5 Å². The number of nitrogens with two attached hydrogens (primary N) is 1. The number of hydrogen-bond acceptors (Lipinski definition) is 3. The summed E-state index contributed by atoms with van der Waals surface area (Å²) in [6, 6.07) is 0.0110. The predicted octanol–water partition coefficient (Wildman–Crippen LogP) is 2.32. The predicted molar refractivity (Wildman–Crippen MR) is 82.4 cm³/mol. The molecule has 0 aromatic carbocycles. The second-order valence-electron chi connectivity index (χ2n) is 7.21. The second-order valence-corrected chi connectivity index (χ2v) is 7.21. The molecule has 0 aromatic heterocycles. The molecule has 1 rings (SSSR count). The van der Waals surface area contributed by atoms with Crippen LogP contribution in [0, 0.1) is 17.3 Å². The summed E-state index contributed by atoms with van der Waals surface area (Å²) in [5.41, 5.74) is 6.21. The standard InChI is InChI=1S/C16H32N2O2/c1-16(2,3)13-7-5-12(6-8-13)15(19)18-10-9-14(17)11-20-4/h12-14H,5-11,17H2,1-4H3,(H,18,19). The van der Waals surface area contributed by atoms with Gasteiger partial charge in [0.05, 0.1) is 6.61 Å². The van der Waals surface area contributed by atoms with Crippen molar-refractivity contribution >= 4 is 5.91 Å². The van der Waals surface area contributed by atoms with Gasteiger partial charge in [0.25, 0.3) is 0 Å². The molecule has 118 valence electrons. The Morgan fingerprint density at radius 1 is 1.30 bits per heavy atom. The van der Waals surface area contributed by atoms with E-state index in [1.165, 1.54) is 12.8 Å². The highest BCUT2D eigenvalue weighted by atomic mass is 16.5. The number of nitrogens with one attached hydrogen (secondary N) is 1. The third-order valence-corrected chi connectivity index (χ3v) is 4.52. The van der Waals surface area contributed by atoms with Gasteiger partial charge in [-0.3, -0.25) is 4.79 Å². The van der Waals surface area contributed by atoms with E-state index in [1.807, 2.05) is 0 Å². The summed E-state index contributed by atoms with van der Waals surface area (Å²) in [5, 5.41) is 3.02. The van der Waals surface area contributed by atoms with Gasteiger partial charge in [-0.1, -0.05) is 20.8 Å². The molecule has 4 nitrogen and oxygen atoms in total. The van der Waals surface area contributed by atoms with Crippen LogP contribution in [0.5, 0.6) is 0 Å². The van der Waals surface area contributed by atoms with Gasteiger partial charge in [-0.15, -0.1) is 0 Å². The van der Waals surface area contributed by atoms with Crippen LogP contribution in [0.3, 0.4) is 0 Å². The lowest BCUT2D eigenvalue weighted by Gasteiger charge is -2.36. The van der Waals surface area contributed by atoms with Gasteiger partial charge in [0, 0.05) is 25.6 Å². The molecule has 1 unspecified atom stereocenters. The van der Waals surface area contributed by atoms with E-state index in [-0.39, 0.29) is 17.9 Å². The zero-order chi connectivity index (χ0) is 15.2. The van der Waals surface area contributed by atoms with E-state index < -0.39 is 0 Å². The van der Waals surface area contributed by atoms with Gasteiger partial charge in [-0.25, -0.2) is 0 Å². The molecule has 0 aliphatic heterocycles.